The Labute approximate surface area is 104 Å². The third kappa shape index (κ3) is 3.17. The van der Waals surface area contributed by atoms with E-state index < -0.39 is 17.2 Å². The fourth-order valence-electron chi connectivity index (χ4n) is 1.59. The highest BCUT2D eigenvalue weighted by Crippen LogP contribution is 2.24. The van der Waals surface area contributed by atoms with Gasteiger partial charge in [0, 0.05) is 12.1 Å². The van der Waals surface area contributed by atoms with E-state index in [4.69, 9.17) is 10.00 Å². The zero-order valence-corrected chi connectivity index (χ0v) is 10.0. The number of hydrogen-bond donors (Lipinski definition) is 1. The number of rotatable bonds is 5. The van der Waals surface area contributed by atoms with Crippen molar-refractivity contribution >= 4 is 0 Å². The van der Waals surface area contributed by atoms with E-state index in [0.717, 1.165) is 31.0 Å². The number of ether oxygens (including phenoxy) is 1. The largest absolute Gasteiger partial charge is 0.487 e. The molecule has 1 fully saturated rings. The van der Waals surface area contributed by atoms with Crippen LogP contribution >= 0.6 is 0 Å². The van der Waals surface area contributed by atoms with Crippen LogP contribution in [0.15, 0.2) is 18.2 Å². The molecule has 0 heterocycles. The second kappa shape index (κ2) is 4.91. The number of benzene rings is 1. The molecule has 96 valence electrons. The summed E-state index contributed by atoms with van der Waals surface area (Å²) in [5, 5.41) is 12.2. The van der Waals surface area contributed by atoms with Crippen molar-refractivity contribution in [3.63, 3.8) is 0 Å². The lowest BCUT2D eigenvalue weighted by molar-refractivity contribution is 0.223. The molecule has 1 atom stereocenters. The fourth-order valence-corrected chi connectivity index (χ4v) is 1.59. The van der Waals surface area contributed by atoms with E-state index in [9.17, 15) is 8.78 Å². The van der Waals surface area contributed by atoms with Gasteiger partial charge in [-0.25, -0.2) is 8.78 Å². The fraction of sp³-hybridized carbons (Fsp3) is 0.462. The Hall–Kier alpha value is -1.67. The van der Waals surface area contributed by atoms with E-state index >= 15 is 0 Å². The van der Waals surface area contributed by atoms with Crippen molar-refractivity contribution < 1.29 is 13.5 Å². The van der Waals surface area contributed by atoms with E-state index in [0.29, 0.717) is 6.04 Å². The van der Waals surface area contributed by atoms with E-state index in [1.54, 1.807) is 6.92 Å². The second-order valence-corrected chi connectivity index (χ2v) is 4.73. The van der Waals surface area contributed by atoms with Gasteiger partial charge in [0.2, 0.25) is 0 Å². The average Bonchev–Trinajstić information content (AvgIpc) is 3.14. The Morgan fingerprint density at radius 3 is 2.83 bits per heavy atom. The van der Waals surface area contributed by atoms with Crippen LogP contribution in [0.1, 0.15) is 19.8 Å². The summed E-state index contributed by atoms with van der Waals surface area (Å²) >= 11 is 0. The first-order valence-electron chi connectivity index (χ1n) is 5.79. The molecule has 1 unspecified atom stereocenters. The molecule has 5 heteroatoms. The van der Waals surface area contributed by atoms with Crippen molar-refractivity contribution in [3.8, 4) is 11.8 Å². The van der Waals surface area contributed by atoms with E-state index in [2.05, 4.69) is 11.4 Å². The molecule has 0 spiro atoms. The summed E-state index contributed by atoms with van der Waals surface area (Å²) in [5.74, 6) is -1.38. The van der Waals surface area contributed by atoms with Crippen molar-refractivity contribution in [2.24, 2.45) is 0 Å². The van der Waals surface area contributed by atoms with Crippen LogP contribution in [0.5, 0.6) is 5.75 Å². The first kappa shape index (κ1) is 12.8. The number of nitriles is 1. The molecule has 2 rings (SSSR count). The van der Waals surface area contributed by atoms with Crippen LogP contribution in [-0.4, -0.2) is 18.2 Å². The van der Waals surface area contributed by atoms with Crippen molar-refractivity contribution in [2.45, 2.75) is 31.3 Å². The topological polar surface area (TPSA) is 45.0 Å². The Balaban J connectivity index is 2.00. The third-order valence-electron chi connectivity index (χ3n) is 2.76. The van der Waals surface area contributed by atoms with Gasteiger partial charge in [-0.2, -0.15) is 5.26 Å². The minimum atomic E-state index is -0.889. The van der Waals surface area contributed by atoms with Gasteiger partial charge in [-0.15, -0.1) is 0 Å². The highest BCUT2D eigenvalue weighted by atomic mass is 19.1. The van der Waals surface area contributed by atoms with Gasteiger partial charge in [0.1, 0.15) is 18.0 Å². The summed E-state index contributed by atoms with van der Waals surface area (Å²) < 4.78 is 31.5. The maximum atomic E-state index is 13.3. The SMILES string of the molecule is CC(C#N)(COc1cc(F)ccc1F)NC1CC1. The first-order valence-corrected chi connectivity index (χ1v) is 5.79. The second-order valence-electron chi connectivity index (χ2n) is 4.73. The van der Waals surface area contributed by atoms with Crippen LogP contribution in [0.4, 0.5) is 8.78 Å². The maximum absolute atomic E-state index is 13.3. The van der Waals surface area contributed by atoms with Crippen molar-refractivity contribution in [2.75, 3.05) is 6.61 Å². The molecule has 0 radical (unpaired) electrons. The lowest BCUT2D eigenvalue weighted by Crippen LogP contribution is -2.47. The normalized spacial score (nSPS) is 17.9. The molecule has 0 amide bonds. The van der Waals surface area contributed by atoms with Crippen LogP contribution in [0, 0.1) is 23.0 Å². The molecule has 1 saturated carbocycles. The molecule has 3 nitrogen and oxygen atoms in total. The average molecular weight is 252 g/mol. The number of nitrogens with zero attached hydrogens (tertiary/aromatic N) is 1. The lowest BCUT2D eigenvalue weighted by Gasteiger charge is -2.23. The van der Waals surface area contributed by atoms with E-state index in [-0.39, 0.29) is 12.4 Å². The van der Waals surface area contributed by atoms with Crippen LogP contribution in [0.2, 0.25) is 0 Å². The van der Waals surface area contributed by atoms with E-state index in [1.165, 1.54) is 0 Å². The molecule has 18 heavy (non-hydrogen) atoms. The number of hydrogen-bond acceptors (Lipinski definition) is 3. The molecule has 1 aliphatic rings. The van der Waals surface area contributed by atoms with E-state index in [1.807, 2.05) is 0 Å². The summed E-state index contributed by atoms with van der Waals surface area (Å²) in [4.78, 5) is 0. The summed E-state index contributed by atoms with van der Waals surface area (Å²) in [6.45, 7) is 1.66. The first-order chi connectivity index (χ1) is 8.52. The van der Waals surface area contributed by atoms with Gasteiger partial charge in [-0.3, -0.25) is 5.32 Å². The Morgan fingerprint density at radius 2 is 2.22 bits per heavy atom. The highest BCUT2D eigenvalue weighted by molar-refractivity contribution is 5.25. The monoisotopic (exact) mass is 252 g/mol. The molecule has 1 aromatic rings. The predicted octanol–water partition coefficient (Wildman–Crippen LogP) is 2.38. The molecule has 1 aliphatic carbocycles. The Kier molecular flexibility index (Phi) is 3.48. The van der Waals surface area contributed by atoms with Gasteiger partial charge in [-0.1, -0.05) is 0 Å². The van der Waals surface area contributed by atoms with Crippen molar-refractivity contribution in [1.29, 1.82) is 5.26 Å². The lowest BCUT2D eigenvalue weighted by atomic mass is 10.1. The number of nitrogens with one attached hydrogen (secondary N) is 1. The van der Waals surface area contributed by atoms with Crippen LogP contribution in [-0.2, 0) is 0 Å². The Morgan fingerprint density at radius 1 is 1.50 bits per heavy atom. The van der Waals surface area contributed by atoms with Crippen molar-refractivity contribution in [1.82, 2.24) is 5.32 Å². The van der Waals surface area contributed by atoms with Gasteiger partial charge in [0.05, 0.1) is 6.07 Å². The molecule has 0 aromatic heterocycles. The quantitative estimate of drug-likeness (QED) is 0.875. The third-order valence-corrected chi connectivity index (χ3v) is 2.76. The zero-order valence-electron chi connectivity index (χ0n) is 10.0. The van der Waals surface area contributed by atoms with Crippen LogP contribution < -0.4 is 10.1 Å². The molecular weight excluding hydrogens is 238 g/mol. The van der Waals surface area contributed by atoms with Crippen molar-refractivity contribution in [3.05, 3.63) is 29.8 Å². The van der Waals surface area contributed by atoms with Crippen LogP contribution in [0.25, 0.3) is 0 Å². The summed E-state index contributed by atoms with van der Waals surface area (Å²) in [7, 11) is 0. The minimum absolute atomic E-state index is 0.0274. The maximum Gasteiger partial charge on any atom is 0.165 e. The van der Waals surface area contributed by atoms with Gasteiger partial charge in [-0.05, 0) is 31.9 Å². The Bertz CT molecular complexity index is 482. The minimum Gasteiger partial charge on any atom is -0.487 e. The molecule has 0 saturated heterocycles. The standard InChI is InChI=1S/C13H14F2N2O/c1-13(7-16,17-10-3-4-10)8-18-12-6-9(14)2-5-11(12)15/h2,5-6,10,17H,3-4,8H2,1H3. The smallest absolute Gasteiger partial charge is 0.165 e. The summed E-state index contributed by atoms with van der Waals surface area (Å²) in [5.41, 5.74) is -0.889. The molecule has 1 aromatic carbocycles. The van der Waals surface area contributed by atoms with Gasteiger partial charge < -0.3 is 4.74 Å². The summed E-state index contributed by atoms with van der Waals surface area (Å²) in [6.07, 6.45) is 2.07. The number of halogens is 2. The summed E-state index contributed by atoms with van der Waals surface area (Å²) in [6, 6.07) is 5.43. The zero-order chi connectivity index (χ0) is 13.2. The van der Waals surface area contributed by atoms with Crippen LogP contribution in [0.3, 0.4) is 0 Å². The molecular formula is C13H14F2N2O. The predicted molar refractivity (Wildman–Crippen MR) is 62.0 cm³/mol. The molecule has 0 bridgehead atoms. The highest BCUT2D eigenvalue weighted by Gasteiger charge is 2.33. The molecule has 0 aliphatic heterocycles. The van der Waals surface area contributed by atoms with Gasteiger partial charge in [0.15, 0.2) is 11.6 Å². The van der Waals surface area contributed by atoms with Gasteiger partial charge >= 0.3 is 0 Å². The van der Waals surface area contributed by atoms with Gasteiger partial charge in [0.25, 0.3) is 0 Å². The molecule has 1 N–H and O–H groups in total.